The van der Waals surface area contributed by atoms with Crippen LogP contribution >= 0.6 is 23.4 Å². The SMILES string of the molecule is COc1cccc(NC(=O)CSc2nc3c(cnn3-c3cccc(Cl)c3)c(=O)[nH]2)c1. The number of benzene rings is 2. The molecule has 30 heavy (non-hydrogen) atoms. The molecule has 0 fully saturated rings. The molecular weight excluding hydrogens is 426 g/mol. The molecule has 0 bridgehead atoms. The zero-order valence-electron chi connectivity index (χ0n) is 15.8. The summed E-state index contributed by atoms with van der Waals surface area (Å²) in [5.74, 6) is 0.474. The van der Waals surface area contributed by atoms with Crippen molar-refractivity contribution < 1.29 is 9.53 Å². The largest absolute Gasteiger partial charge is 0.497 e. The Morgan fingerprint density at radius 2 is 2.10 bits per heavy atom. The normalized spacial score (nSPS) is 10.9. The van der Waals surface area contributed by atoms with Crippen LogP contribution in [0.15, 0.2) is 64.7 Å². The van der Waals surface area contributed by atoms with Crippen LogP contribution in [-0.2, 0) is 4.79 Å². The number of aromatic amines is 1. The van der Waals surface area contributed by atoms with Gasteiger partial charge in [-0.3, -0.25) is 9.59 Å². The minimum Gasteiger partial charge on any atom is -0.497 e. The monoisotopic (exact) mass is 441 g/mol. The highest BCUT2D eigenvalue weighted by Crippen LogP contribution is 2.21. The van der Waals surface area contributed by atoms with Crippen molar-refractivity contribution in [2.75, 3.05) is 18.2 Å². The number of nitrogens with zero attached hydrogens (tertiary/aromatic N) is 3. The highest BCUT2D eigenvalue weighted by Gasteiger charge is 2.13. The molecule has 0 aliphatic carbocycles. The maximum Gasteiger partial charge on any atom is 0.262 e. The van der Waals surface area contributed by atoms with Crippen LogP contribution < -0.4 is 15.6 Å². The van der Waals surface area contributed by atoms with Gasteiger partial charge in [-0.2, -0.15) is 5.10 Å². The van der Waals surface area contributed by atoms with Gasteiger partial charge in [-0.15, -0.1) is 0 Å². The molecule has 0 saturated carbocycles. The minimum absolute atomic E-state index is 0.0664. The first-order valence-electron chi connectivity index (χ1n) is 8.84. The average molecular weight is 442 g/mol. The van der Waals surface area contributed by atoms with E-state index in [0.29, 0.717) is 38.3 Å². The van der Waals surface area contributed by atoms with Crippen molar-refractivity contribution in [3.63, 3.8) is 0 Å². The van der Waals surface area contributed by atoms with Gasteiger partial charge < -0.3 is 15.0 Å². The molecule has 10 heteroatoms. The maximum atomic E-state index is 12.4. The van der Waals surface area contributed by atoms with Crippen molar-refractivity contribution in [2.24, 2.45) is 0 Å². The number of hydrogen-bond donors (Lipinski definition) is 2. The fourth-order valence-corrected chi connectivity index (χ4v) is 3.64. The number of hydrogen-bond acceptors (Lipinski definition) is 6. The van der Waals surface area contributed by atoms with E-state index >= 15 is 0 Å². The lowest BCUT2D eigenvalue weighted by molar-refractivity contribution is -0.113. The molecule has 152 valence electrons. The molecule has 8 nitrogen and oxygen atoms in total. The Morgan fingerprint density at radius 1 is 1.27 bits per heavy atom. The smallest absolute Gasteiger partial charge is 0.262 e. The second kappa shape index (κ2) is 8.60. The zero-order chi connectivity index (χ0) is 21.1. The predicted molar refractivity (Wildman–Crippen MR) is 117 cm³/mol. The summed E-state index contributed by atoms with van der Waals surface area (Å²) < 4.78 is 6.68. The third-order valence-electron chi connectivity index (χ3n) is 4.16. The van der Waals surface area contributed by atoms with E-state index in [1.54, 1.807) is 49.6 Å². The van der Waals surface area contributed by atoms with E-state index in [2.05, 4.69) is 20.4 Å². The number of fused-ring (bicyclic) bond motifs is 1. The standard InChI is InChI=1S/C20H16ClN5O3S/c1-29-15-7-3-5-13(9-15)23-17(27)11-30-20-24-18-16(19(28)25-20)10-22-26(18)14-6-2-4-12(21)8-14/h2-10H,11H2,1H3,(H,23,27)(H,24,25,28). The third kappa shape index (κ3) is 4.32. The first-order valence-corrected chi connectivity index (χ1v) is 10.2. The van der Waals surface area contributed by atoms with Crippen LogP contribution in [0.5, 0.6) is 5.75 Å². The number of aromatic nitrogens is 4. The number of thioether (sulfide) groups is 1. The van der Waals surface area contributed by atoms with Gasteiger partial charge in [0.2, 0.25) is 5.91 Å². The lowest BCUT2D eigenvalue weighted by atomic mass is 10.3. The van der Waals surface area contributed by atoms with E-state index in [1.807, 2.05) is 6.07 Å². The first kappa shape index (κ1) is 20.0. The summed E-state index contributed by atoms with van der Waals surface area (Å²) in [6.07, 6.45) is 1.45. The van der Waals surface area contributed by atoms with E-state index < -0.39 is 0 Å². The summed E-state index contributed by atoms with van der Waals surface area (Å²) in [5, 5.41) is 8.25. The number of methoxy groups -OCH3 is 1. The Morgan fingerprint density at radius 3 is 2.90 bits per heavy atom. The van der Waals surface area contributed by atoms with Gasteiger partial charge in [-0.25, -0.2) is 9.67 Å². The van der Waals surface area contributed by atoms with E-state index in [9.17, 15) is 9.59 Å². The second-order valence-electron chi connectivity index (χ2n) is 6.21. The molecule has 2 N–H and O–H groups in total. The lowest BCUT2D eigenvalue weighted by Gasteiger charge is -2.07. The molecule has 4 rings (SSSR count). The number of anilines is 1. The van der Waals surface area contributed by atoms with Gasteiger partial charge in [0.1, 0.15) is 11.1 Å². The van der Waals surface area contributed by atoms with Gasteiger partial charge in [0.25, 0.3) is 5.56 Å². The van der Waals surface area contributed by atoms with Crippen LogP contribution in [0.25, 0.3) is 16.7 Å². The van der Waals surface area contributed by atoms with Crippen molar-refractivity contribution in [3.05, 3.63) is 70.1 Å². The van der Waals surface area contributed by atoms with Crippen molar-refractivity contribution in [3.8, 4) is 11.4 Å². The highest BCUT2D eigenvalue weighted by atomic mass is 35.5. The number of ether oxygens (including phenoxy) is 1. The molecule has 0 radical (unpaired) electrons. The topological polar surface area (TPSA) is 102 Å². The first-order chi connectivity index (χ1) is 14.5. The third-order valence-corrected chi connectivity index (χ3v) is 5.27. The zero-order valence-corrected chi connectivity index (χ0v) is 17.3. The van der Waals surface area contributed by atoms with Gasteiger partial charge in [-0.05, 0) is 30.3 Å². The van der Waals surface area contributed by atoms with Crippen LogP contribution in [0.2, 0.25) is 5.02 Å². The number of amides is 1. The molecule has 2 aromatic heterocycles. The van der Waals surface area contributed by atoms with Crippen molar-refractivity contribution in [1.29, 1.82) is 0 Å². The van der Waals surface area contributed by atoms with Crippen LogP contribution in [-0.4, -0.2) is 38.5 Å². The van der Waals surface area contributed by atoms with Gasteiger partial charge in [0.15, 0.2) is 10.8 Å². The maximum absolute atomic E-state index is 12.4. The molecule has 2 heterocycles. The van der Waals surface area contributed by atoms with Crippen LogP contribution in [0.4, 0.5) is 5.69 Å². The minimum atomic E-state index is -0.330. The second-order valence-corrected chi connectivity index (χ2v) is 7.61. The predicted octanol–water partition coefficient (Wildman–Crippen LogP) is 3.50. The number of carbonyl (C=O) groups is 1. The number of nitrogens with one attached hydrogen (secondary N) is 2. The molecule has 0 spiro atoms. The van der Waals surface area contributed by atoms with Gasteiger partial charge >= 0.3 is 0 Å². The molecule has 4 aromatic rings. The van der Waals surface area contributed by atoms with Crippen molar-refractivity contribution in [2.45, 2.75) is 5.16 Å². The van der Waals surface area contributed by atoms with E-state index in [1.165, 1.54) is 10.9 Å². The van der Waals surface area contributed by atoms with Crippen LogP contribution in [0, 0.1) is 0 Å². The Hall–Kier alpha value is -3.30. The molecule has 0 aliphatic rings. The molecule has 0 atom stereocenters. The van der Waals surface area contributed by atoms with E-state index in [-0.39, 0.29) is 17.2 Å². The molecule has 1 amide bonds. The summed E-state index contributed by atoms with van der Waals surface area (Å²) in [5.41, 5.74) is 1.36. The molecule has 0 unspecified atom stereocenters. The molecule has 0 saturated heterocycles. The summed E-state index contributed by atoms with van der Waals surface area (Å²) in [6.45, 7) is 0. The fraction of sp³-hybridized carbons (Fsp3) is 0.100. The van der Waals surface area contributed by atoms with Crippen LogP contribution in [0.1, 0.15) is 0 Å². The van der Waals surface area contributed by atoms with E-state index in [4.69, 9.17) is 16.3 Å². The number of carbonyl (C=O) groups excluding carboxylic acids is 1. The number of rotatable bonds is 6. The summed E-state index contributed by atoms with van der Waals surface area (Å²) in [4.78, 5) is 31.9. The number of halogens is 1. The van der Waals surface area contributed by atoms with Crippen LogP contribution in [0.3, 0.4) is 0 Å². The average Bonchev–Trinajstić information content (AvgIpc) is 3.17. The van der Waals surface area contributed by atoms with E-state index in [0.717, 1.165) is 11.8 Å². The number of H-pyrrole nitrogens is 1. The molecule has 0 aliphatic heterocycles. The Bertz CT molecular complexity index is 1290. The Labute approximate surface area is 180 Å². The summed E-state index contributed by atoms with van der Waals surface area (Å²) >= 11 is 7.18. The highest BCUT2D eigenvalue weighted by molar-refractivity contribution is 7.99. The fourth-order valence-electron chi connectivity index (χ4n) is 2.80. The molecule has 2 aromatic carbocycles. The van der Waals surface area contributed by atoms with Gasteiger partial charge in [0.05, 0.1) is 24.7 Å². The Kier molecular flexibility index (Phi) is 5.73. The quantitative estimate of drug-likeness (QED) is 0.350. The van der Waals surface area contributed by atoms with Gasteiger partial charge in [-0.1, -0.05) is 35.5 Å². The van der Waals surface area contributed by atoms with Crippen molar-refractivity contribution >= 4 is 46.0 Å². The molecular formula is C20H16ClN5O3S. The lowest BCUT2D eigenvalue weighted by Crippen LogP contribution is -2.15. The Balaban J connectivity index is 1.53. The van der Waals surface area contributed by atoms with Gasteiger partial charge in [0, 0.05) is 16.8 Å². The summed E-state index contributed by atoms with van der Waals surface area (Å²) in [6, 6.07) is 14.1. The summed E-state index contributed by atoms with van der Waals surface area (Å²) in [7, 11) is 1.56. The van der Waals surface area contributed by atoms with Crippen molar-refractivity contribution in [1.82, 2.24) is 19.7 Å².